The van der Waals surface area contributed by atoms with Gasteiger partial charge in [0.2, 0.25) is 8.32 Å². The van der Waals surface area contributed by atoms with Crippen molar-refractivity contribution in [2.75, 3.05) is 5.32 Å². The van der Waals surface area contributed by atoms with E-state index in [-0.39, 0.29) is 0 Å². The first-order chi connectivity index (χ1) is 9.41. The summed E-state index contributed by atoms with van der Waals surface area (Å²) in [6, 6.07) is 7.25. The molecule has 0 amide bonds. The molecular weight excluding hydrogens is 262 g/mol. The maximum atomic E-state index is 6.21. The summed E-state index contributed by atoms with van der Waals surface area (Å²) < 4.78 is 6.21. The van der Waals surface area contributed by atoms with Gasteiger partial charge < -0.3 is 9.74 Å². The summed E-state index contributed by atoms with van der Waals surface area (Å²) in [5, 5.41) is 3.70. The van der Waals surface area contributed by atoms with Crippen LogP contribution in [0.4, 0.5) is 5.69 Å². The van der Waals surface area contributed by atoms with Crippen LogP contribution in [0.15, 0.2) is 18.2 Å². The summed E-state index contributed by atoms with van der Waals surface area (Å²) in [6.45, 7) is 9.09. The number of hydrogen-bond acceptors (Lipinski definition) is 2. The predicted octanol–water partition coefficient (Wildman–Crippen LogP) is 4.92. The minimum Gasteiger partial charge on any atom is -0.544 e. The minimum absolute atomic E-state index is 0.354. The fraction of sp³-hybridized carbons (Fsp3) is 0.647. The molecule has 0 aromatic heterocycles. The zero-order valence-corrected chi connectivity index (χ0v) is 14.3. The Kier molecular flexibility index (Phi) is 3.36. The Labute approximate surface area is 124 Å². The molecule has 2 nitrogen and oxygen atoms in total. The molecule has 0 bridgehead atoms. The third-order valence-corrected chi connectivity index (χ3v) is 5.75. The molecule has 1 spiro atoms. The lowest BCUT2D eigenvalue weighted by Gasteiger charge is -2.38. The number of rotatable bonds is 2. The molecule has 1 atom stereocenters. The Morgan fingerprint density at radius 2 is 1.85 bits per heavy atom. The van der Waals surface area contributed by atoms with E-state index in [9.17, 15) is 0 Å². The molecule has 3 heteroatoms. The molecule has 20 heavy (non-hydrogen) atoms. The van der Waals surface area contributed by atoms with Gasteiger partial charge in [-0.15, -0.1) is 0 Å². The van der Waals surface area contributed by atoms with Crippen LogP contribution >= 0.6 is 0 Å². The van der Waals surface area contributed by atoms with E-state index in [2.05, 4.69) is 50.1 Å². The maximum Gasteiger partial charge on any atom is 0.242 e. The topological polar surface area (TPSA) is 21.3 Å². The molecule has 1 aliphatic carbocycles. The van der Waals surface area contributed by atoms with E-state index in [1.807, 2.05) is 0 Å². The molecule has 1 aromatic carbocycles. The predicted molar refractivity (Wildman–Crippen MR) is 88.3 cm³/mol. The molecule has 0 radical (unpaired) electrons. The average Bonchev–Trinajstić information content (AvgIpc) is 2.63. The van der Waals surface area contributed by atoms with Crippen LogP contribution < -0.4 is 9.74 Å². The van der Waals surface area contributed by atoms with Crippen LogP contribution in [0.5, 0.6) is 5.75 Å². The number of hydrogen-bond donors (Lipinski definition) is 1. The number of fused-ring (bicyclic) bond motifs is 2. The molecule has 0 unspecified atom stereocenters. The van der Waals surface area contributed by atoms with E-state index in [4.69, 9.17) is 4.43 Å². The van der Waals surface area contributed by atoms with E-state index in [0.717, 1.165) is 5.75 Å². The van der Waals surface area contributed by atoms with Crippen LogP contribution in [-0.4, -0.2) is 14.4 Å². The van der Waals surface area contributed by atoms with Gasteiger partial charge in [0.1, 0.15) is 5.75 Å². The second kappa shape index (κ2) is 4.80. The molecule has 1 fully saturated rings. The van der Waals surface area contributed by atoms with Crippen molar-refractivity contribution in [3.63, 3.8) is 0 Å². The normalized spacial score (nSPS) is 24.3. The maximum absolute atomic E-state index is 6.21. The Bertz CT molecular complexity index is 500. The van der Waals surface area contributed by atoms with Gasteiger partial charge in [-0.3, -0.25) is 0 Å². The molecule has 1 saturated carbocycles. The third kappa shape index (κ3) is 2.37. The smallest absolute Gasteiger partial charge is 0.242 e. The van der Waals surface area contributed by atoms with Crippen molar-refractivity contribution in [3.8, 4) is 5.75 Å². The van der Waals surface area contributed by atoms with E-state index < -0.39 is 8.32 Å². The summed E-state index contributed by atoms with van der Waals surface area (Å²) in [5.41, 5.74) is 3.20. The lowest BCUT2D eigenvalue weighted by atomic mass is 9.67. The highest BCUT2D eigenvalue weighted by Gasteiger charge is 2.45. The molecule has 110 valence electrons. The van der Waals surface area contributed by atoms with Crippen LogP contribution in [0.25, 0.3) is 0 Å². The first kappa shape index (κ1) is 14.0. The van der Waals surface area contributed by atoms with Gasteiger partial charge in [0.25, 0.3) is 0 Å². The van der Waals surface area contributed by atoms with Gasteiger partial charge in [-0.05, 0) is 63.2 Å². The third-order valence-electron chi connectivity index (χ3n) is 4.90. The van der Waals surface area contributed by atoms with Gasteiger partial charge in [-0.2, -0.15) is 0 Å². The largest absolute Gasteiger partial charge is 0.544 e. The Balaban J connectivity index is 1.97. The monoisotopic (exact) mass is 289 g/mol. The Morgan fingerprint density at radius 1 is 1.15 bits per heavy atom. The van der Waals surface area contributed by atoms with Crippen molar-refractivity contribution in [1.82, 2.24) is 0 Å². The number of benzene rings is 1. The molecule has 1 N–H and O–H groups in total. The Morgan fingerprint density at radius 3 is 2.50 bits per heavy atom. The van der Waals surface area contributed by atoms with Crippen LogP contribution in [0.2, 0.25) is 19.6 Å². The number of nitrogens with one attached hydrogen (secondary N) is 1. The van der Waals surface area contributed by atoms with E-state index in [0.29, 0.717) is 11.5 Å². The lowest BCUT2D eigenvalue weighted by Crippen LogP contribution is -2.38. The van der Waals surface area contributed by atoms with E-state index >= 15 is 0 Å². The summed E-state index contributed by atoms with van der Waals surface area (Å²) in [7, 11) is -1.53. The van der Waals surface area contributed by atoms with Crippen LogP contribution in [0.3, 0.4) is 0 Å². The second-order valence-electron chi connectivity index (χ2n) is 7.50. The summed E-state index contributed by atoms with van der Waals surface area (Å²) in [6.07, 6.45) is 6.78. The lowest BCUT2D eigenvalue weighted by molar-refractivity contribution is 0.277. The fourth-order valence-electron chi connectivity index (χ4n) is 3.97. The number of anilines is 1. The van der Waals surface area contributed by atoms with Crippen LogP contribution in [0, 0.1) is 0 Å². The SMILES string of the molecule is C[C@@H]1Nc2ccc(O[Si](C)(C)C)cc2C12CCCCC2. The van der Waals surface area contributed by atoms with Crippen molar-refractivity contribution in [2.24, 2.45) is 0 Å². The van der Waals surface area contributed by atoms with E-state index in [1.54, 1.807) is 0 Å². The fourth-order valence-corrected chi connectivity index (χ4v) is 4.80. The highest BCUT2D eigenvalue weighted by Crippen LogP contribution is 2.51. The van der Waals surface area contributed by atoms with Crippen LogP contribution in [0.1, 0.15) is 44.6 Å². The highest BCUT2D eigenvalue weighted by atomic mass is 28.4. The quantitative estimate of drug-likeness (QED) is 0.781. The van der Waals surface area contributed by atoms with Gasteiger partial charge in [-0.25, -0.2) is 0 Å². The van der Waals surface area contributed by atoms with Crippen molar-refractivity contribution >= 4 is 14.0 Å². The van der Waals surface area contributed by atoms with Gasteiger partial charge >= 0.3 is 0 Å². The molecular formula is C17H27NOSi. The van der Waals surface area contributed by atoms with E-state index in [1.165, 1.54) is 43.4 Å². The first-order valence-electron chi connectivity index (χ1n) is 8.01. The van der Waals surface area contributed by atoms with Crippen LogP contribution in [-0.2, 0) is 5.41 Å². The van der Waals surface area contributed by atoms with Gasteiger partial charge in [0.15, 0.2) is 0 Å². The van der Waals surface area contributed by atoms with Crippen molar-refractivity contribution in [1.29, 1.82) is 0 Å². The van der Waals surface area contributed by atoms with Gasteiger partial charge in [0.05, 0.1) is 0 Å². The van der Waals surface area contributed by atoms with Crippen molar-refractivity contribution in [3.05, 3.63) is 23.8 Å². The standard InChI is InChI=1S/C17H27NOSi/c1-13-17(10-6-5-7-11-17)15-12-14(19-20(2,3)4)8-9-16(15)18-13/h8-9,12-13,18H,5-7,10-11H2,1-4H3/t13-/m0/s1. The summed E-state index contributed by atoms with van der Waals surface area (Å²) in [5.74, 6) is 1.07. The Hall–Kier alpha value is -0.963. The zero-order valence-electron chi connectivity index (χ0n) is 13.3. The zero-order chi connectivity index (χ0) is 14.4. The van der Waals surface area contributed by atoms with Gasteiger partial charge in [0, 0.05) is 17.1 Å². The first-order valence-corrected chi connectivity index (χ1v) is 11.4. The van der Waals surface area contributed by atoms with Gasteiger partial charge in [-0.1, -0.05) is 19.3 Å². The summed E-state index contributed by atoms with van der Waals surface area (Å²) >= 11 is 0. The molecule has 1 heterocycles. The summed E-state index contributed by atoms with van der Waals surface area (Å²) in [4.78, 5) is 0. The molecule has 2 aliphatic rings. The van der Waals surface area contributed by atoms with Crippen molar-refractivity contribution < 1.29 is 4.43 Å². The molecule has 1 aliphatic heterocycles. The highest BCUT2D eigenvalue weighted by molar-refractivity contribution is 6.70. The average molecular weight is 289 g/mol. The molecule has 0 saturated heterocycles. The molecule has 3 rings (SSSR count). The van der Waals surface area contributed by atoms with Crippen molar-refractivity contribution in [2.45, 2.75) is 70.1 Å². The minimum atomic E-state index is -1.53. The second-order valence-corrected chi connectivity index (χ2v) is 11.9. The molecule has 1 aromatic rings.